The zero-order valence-corrected chi connectivity index (χ0v) is 18.0. The number of hydrogen-bond donors (Lipinski definition) is 1. The number of carbonyl (C=O) groups is 3. The SMILES string of the molecule is COc1cc(/C=C2\SC(=O)N(CCNC(=O)c3cccnc3)C2=O)cc(OC)c1OC. The van der Waals surface area contributed by atoms with Gasteiger partial charge in [-0.05, 0) is 47.7 Å². The predicted octanol–water partition coefficient (Wildman–Crippen LogP) is 2.57. The van der Waals surface area contributed by atoms with E-state index in [1.54, 1.807) is 36.5 Å². The van der Waals surface area contributed by atoms with Gasteiger partial charge in [0.15, 0.2) is 11.5 Å². The van der Waals surface area contributed by atoms with Crippen LogP contribution in [0.1, 0.15) is 15.9 Å². The number of methoxy groups -OCH3 is 3. The molecule has 9 nitrogen and oxygen atoms in total. The smallest absolute Gasteiger partial charge is 0.293 e. The van der Waals surface area contributed by atoms with Crippen molar-refractivity contribution in [2.45, 2.75) is 0 Å². The number of pyridine rings is 1. The number of nitrogens with one attached hydrogen (secondary N) is 1. The Kier molecular flexibility index (Phi) is 7.14. The fourth-order valence-corrected chi connectivity index (χ4v) is 3.77. The zero-order valence-electron chi connectivity index (χ0n) is 17.2. The summed E-state index contributed by atoms with van der Waals surface area (Å²) in [5, 5.41) is 2.27. The van der Waals surface area contributed by atoms with E-state index in [0.29, 0.717) is 28.4 Å². The second-order valence-corrected chi connectivity index (χ2v) is 7.28. The van der Waals surface area contributed by atoms with E-state index in [2.05, 4.69) is 10.3 Å². The van der Waals surface area contributed by atoms with Gasteiger partial charge in [0.2, 0.25) is 5.75 Å². The topological polar surface area (TPSA) is 107 Å². The van der Waals surface area contributed by atoms with E-state index in [0.717, 1.165) is 16.7 Å². The fraction of sp³-hybridized carbons (Fsp3) is 0.238. The second kappa shape index (κ2) is 9.98. The molecule has 1 aromatic carbocycles. The first-order valence-electron chi connectivity index (χ1n) is 9.22. The lowest BCUT2D eigenvalue weighted by atomic mass is 10.1. The number of rotatable bonds is 8. The highest BCUT2D eigenvalue weighted by atomic mass is 32.2. The van der Waals surface area contributed by atoms with Gasteiger partial charge in [0.05, 0.1) is 31.8 Å². The predicted molar refractivity (Wildman–Crippen MR) is 115 cm³/mol. The van der Waals surface area contributed by atoms with Crippen molar-refractivity contribution >= 4 is 34.9 Å². The number of imide groups is 1. The third kappa shape index (κ3) is 4.97. The number of aromatic nitrogens is 1. The average molecular weight is 443 g/mol. The molecule has 1 saturated heterocycles. The molecule has 1 aromatic heterocycles. The summed E-state index contributed by atoms with van der Waals surface area (Å²) in [5.41, 5.74) is 1.02. The van der Waals surface area contributed by atoms with E-state index in [1.165, 1.54) is 27.5 Å². The van der Waals surface area contributed by atoms with Crippen LogP contribution in [0, 0.1) is 0 Å². The molecule has 3 amide bonds. The van der Waals surface area contributed by atoms with E-state index >= 15 is 0 Å². The molecule has 0 spiro atoms. The lowest BCUT2D eigenvalue weighted by Gasteiger charge is -2.13. The van der Waals surface area contributed by atoms with E-state index in [-0.39, 0.29) is 23.9 Å². The lowest BCUT2D eigenvalue weighted by Crippen LogP contribution is -2.37. The molecule has 1 fully saturated rings. The minimum atomic E-state index is -0.431. The summed E-state index contributed by atoms with van der Waals surface area (Å²) in [5.74, 6) is 0.544. The van der Waals surface area contributed by atoms with Crippen molar-refractivity contribution in [2.75, 3.05) is 34.4 Å². The van der Waals surface area contributed by atoms with Crippen molar-refractivity contribution in [3.8, 4) is 17.2 Å². The minimum absolute atomic E-state index is 0.0588. The van der Waals surface area contributed by atoms with Crippen LogP contribution in [0.3, 0.4) is 0 Å². The molecule has 2 aromatic rings. The first-order valence-corrected chi connectivity index (χ1v) is 10.0. The maximum Gasteiger partial charge on any atom is 0.293 e. The summed E-state index contributed by atoms with van der Waals surface area (Å²) >= 11 is 0.832. The number of thioether (sulfide) groups is 1. The molecule has 31 heavy (non-hydrogen) atoms. The fourth-order valence-electron chi connectivity index (χ4n) is 2.91. The first-order chi connectivity index (χ1) is 15.0. The molecule has 0 bridgehead atoms. The monoisotopic (exact) mass is 443 g/mol. The summed E-state index contributed by atoms with van der Waals surface area (Å²) < 4.78 is 15.9. The maximum atomic E-state index is 12.7. The molecular formula is C21H21N3O6S. The van der Waals surface area contributed by atoms with Gasteiger partial charge < -0.3 is 19.5 Å². The van der Waals surface area contributed by atoms with Crippen LogP contribution in [0.5, 0.6) is 17.2 Å². The van der Waals surface area contributed by atoms with Crippen molar-refractivity contribution in [3.63, 3.8) is 0 Å². The normalized spacial score (nSPS) is 14.7. The van der Waals surface area contributed by atoms with Gasteiger partial charge in [0.1, 0.15) is 0 Å². The van der Waals surface area contributed by atoms with Gasteiger partial charge in [-0.1, -0.05) is 0 Å². The van der Waals surface area contributed by atoms with Crippen LogP contribution in [0.2, 0.25) is 0 Å². The Bertz CT molecular complexity index is 1000. The van der Waals surface area contributed by atoms with Gasteiger partial charge in [-0.3, -0.25) is 24.3 Å². The number of ether oxygens (including phenoxy) is 3. The van der Waals surface area contributed by atoms with Gasteiger partial charge in [-0.2, -0.15) is 0 Å². The lowest BCUT2D eigenvalue weighted by molar-refractivity contribution is -0.122. The first kappa shape index (κ1) is 22.2. The highest BCUT2D eigenvalue weighted by molar-refractivity contribution is 8.18. The van der Waals surface area contributed by atoms with E-state index < -0.39 is 11.1 Å². The highest BCUT2D eigenvalue weighted by Gasteiger charge is 2.34. The quantitative estimate of drug-likeness (QED) is 0.621. The van der Waals surface area contributed by atoms with Crippen molar-refractivity contribution in [3.05, 3.63) is 52.7 Å². The van der Waals surface area contributed by atoms with Crippen LogP contribution >= 0.6 is 11.8 Å². The maximum absolute atomic E-state index is 12.7. The van der Waals surface area contributed by atoms with E-state index in [4.69, 9.17) is 14.2 Å². The summed E-state index contributed by atoms with van der Waals surface area (Å²) in [7, 11) is 4.49. The number of hydrogen-bond acceptors (Lipinski definition) is 8. The number of nitrogens with zero attached hydrogens (tertiary/aromatic N) is 2. The van der Waals surface area contributed by atoms with Gasteiger partial charge in [0.25, 0.3) is 17.1 Å². The molecule has 0 unspecified atom stereocenters. The minimum Gasteiger partial charge on any atom is -0.493 e. The summed E-state index contributed by atoms with van der Waals surface area (Å²) in [4.78, 5) is 42.3. The summed E-state index contributed by atoms with van der Waals surface area (Å²) in [6.07, 6.45) is 4.59. The van der Waals surface area contributed by atoms with E-state index in [1.807, 2.05) is 0 Å². The van der Waals surface area contributed by atoms with Crippen molar-refractivity contribution < 1.29 is 28.6 Å². The molecule has 3 rings (SSSR count). The number of amides is 3. The van der Waals surface area contributed by atoms with Gasteiger partial charge in [0, 0.05) is 25.5 Å². The number of benzene rings is 1. The van der Waals surface area contributed by atoms with Crippen LogP contribution in [0.15, 0.2) is 41.6 Å². The molecule has 0 saturated carbocycles. The molecule has 10 heteroatoms. The Balaban J connectivity index is 1.70. The van der Waals surface area contributed by atoms with Crippen LogP contribution in [0.25, 0.3) is 6.08 Å². The van der Waals surface area contributed by atoms with Crippen LogP contribution in [0.4, 0.5) is 4.79 Å². The average Bonchev–Trinajstić information content (AvgIpc) is 3.06. The van der Waals surface area contributed by atoms with Crippen molar-refractivity contribution in [1.29, 1.82) is 0 Å². The third-order valence-electron chi connectivity index (χ3n) is 4.40. The number of carbonyl (C=O) groups excluding carboxylic acids is 3. The van der Waals surface area contributed by atoms with Crippen LogP contribution in [-0.4, -0.2) is 61.4 Å². The largest absolute Gasteiger partial charge is 0.493 e. The molecule has 0 atom stereocenters. The Labute approximate surface area is 183 Å². The molecule has 1 aliphatic heterocycles. The third-order valence-corrected chi connectivity index (χ3v) is 5.31. The second-order valence-electron chi connectivity index (χ2n) is 6.29. The Morgan fingerprint density at radius 2 is 1.87 bits per heavy atom. The Morgan fingerprint density at radius 1 is 1.16 bits per heavy atom. The zero-order chi connectivity index (χ0) is 22.4. The molecule has 0 aliphatic carbocycles. The Hall–Kier alpha value is -3.53. The highest BCUT2D eigenvalue weighted by Crippen LogP contribution is 2.40. The summed E-state index contributed by atoms with van der Waals surface area (Å²) in [6, 6.07) is 6.65. The van der Waals surface area contributed by atoms with E-state index in [9.17, 15) is 14.4 Å². The molecular weight excluding hydrogens is 422 g/mol. The molecule has 0 radical (unpaired) electrons. The van der Waals surface area contributed by atoms with Gasteiger partial charge >= 0.3 is 0 Å². The van der Waals surface area contributed by atoms with Crippen molar-refractivity contribution in [1.82, 2.24) is 15.2 Å². The van der Waals surface area contributed by atoms with Gasteiger partial charge in [-0.15, -0.1) is 0 Å². The summed E-state index contributed by atoms with van der Waals surface area (Å²) in [6.45, 7) is 0.187. The molecule has 162 valence electrons. The van der Waals surface area contributed by atoms with Gasteiger partial charge in [-0.25, -0.2) is 0 Å². The molecule has 1 aliphatic rings. The molecule has 2 heterocycles. The standard InChI is InChI=1S/C21H21N3O6S/c1-28-15-9-13(10-16(29-2)18(15)30-3)11-17-20(26)24(21(27)31-17)8-7-23-19(25)14-5-4-6-22-12-14/h4-6,9-12H,7-8H2,1-3H3,(H,23,25)/b17-11-. The molecule has 1 N–H and O–H groups in total. The Morgan fingerprint density at radius 3 is 2.45 bits per heavy atom. The van der Waals surface area contributed by atoms with Crippen molar-refractivity contribution in [2.24, 2.45) is 0 Å². The van der Waals surface area contributed by atoms with Crippen LogP contribution in [-0.2, 0) is 4.79 Å². The van der Waals surface area contributed by atoms with Crippen LogP contribution < -0.4 is 19.5 Å².